The van der Waals surface area contributed by atoms with Gasteiger partial charge in [0.05, 0.1) is 0 Å². The van der Waals surface area contributed by atoms with Crippen molar-refractivity contribution in [1.82, 2.24) is 4.98 Å². The Kier molecular flexibility index (Phi) is 3.84. The van der Waals surface area contributed by atoms with E-state index in [1.165, 1.54) is 11.8 Å². The van der Waals surface area contributed by atoms with Crippen LogP contribution in [0.4, 0.5) is 8.78 Å². The molecule has 4 nitrogen and oxygen atoms in total. The molecule has 0 bridgehead atoms. The molecule has 0 atom stereocenters. The number of carbonyl (C=O) groups is 1. The highest BCUT2D eigenvalue weighted by atomic mass is 32.2. The smallest absolute Gasteiger partial charge is 0.374 e. The van der Waals surface area contributed by atoms with E-state index < -0.39 is 23.8 Å². The van der Waals surface area contributed by atoms with Crippen LogP contribution in [0.5, 0.6) is 0 Å². The highest BCUT2D eigenvalue weighted by Crippen LogP contribution is 2.29. The zero-order valence-corrected chi connectivity index (χ0v) is 10.6. The number of carboxylic acids is 1. The van der Waals surface area contributed by atoms with Crippen LogP contribution in [0.3, 0.4) is 0 Å². The molecule has 0 aliphatic rings. The fourth-order valence-corrected chi connectivity index (χ4v) is 1.90. The molecule has 1 N–H and O–H groups in total. The summed E-state index contributed by atoms with van der Waals surface area (Å²) in [5.74, 6) is -2.51. The fourth-order valence-electron chi connectivity index (χ4n) is 1.49. The van der Waals surface area contributed by atoms with Crippen LogP contribution in [0.2, 0.25) is 0 Å². The predicted molar refractivity (Wildman–Crippen MR) is 65.6 cm³/mol. The van der Waals surface area contributed by atoms with Crippen molar-refractivity contribution in [3.63, 3.8) is 0 Å². The first-order chi connectivity index (χ1) is 9.02. The van der Waals surface area contributed by atoms with Gasteiger partial charge >= 0.3 is 5.97 Å². The van der Waals surface area contributed by atoms with E-state index in [1.807, 2.05) is 6.26 Å². The second-order valence-electron chi connectivity index (χ2n) is 3.57. The number of aromatic nitrogens is 1. The molecule has 0 radical (unpaired) electrons. The first-order valence-electron chi connectivity index (χ1n) is 5.19. The van der Waals surface area contributed by atoms with Crippen molar-refractivity contribution >= 4 is 17.7 Å². The van der Waals surface area contributed by atoms with Gasteiger partial charge in [-0.25, -0.2) is 18.6 Å². The van der Waals surface area contributed by atoms with E-state index in [0.717, 1.165) is 4.90 Å². The molecule has 1 aromatic heterocycles. The summed E-state index contributed by atoms with van der Waals surface area (Å²) in [6.07, 6.45) is -1.09. The maximum absolute atomic E-state index is 12.6. The number of carboxylic acid groups (broad SMARTS) is 1. The highest BCUT2D eigenvalue weighted by molar-refractivity contribution is 7.98. The molecule has 2 aromatic rings. The third kappa shape index (κ3) is 2.76. The predicted octanol–water partition coefficient (Wildman–Crippen LogP) is 3.70. The third-order valence-electron chi connectivity index (χ3n) is 2.39. The minimum Gasteiger partial charge on any atom is -0.475 e. The molecule has 19 heavy (non-hydrogen) atoms. The van der Waals surface area contributed by atoms with E-state index in [0.29, 0.717) is 5.56 Å². The molecule has 0 fully saturated rings. The fraction of sp³-hybridized carbons (Fsp3) is 0.167. The quantitative estimate of drug-likeness (QED) is 0.868. The number of alkyl halides is 2. The molecular weight excluding hydrogens is 276 g/mol. The van der Waals surface area contributed by atoms with Gasteiger partial charge in [-0.15, -0.1) is 11.8 Å². The van der Waals surface area contributed by atoms with Gasteiger partial charge in [-0.3, -0.25) is 0 Å². The number of aromatic carboxylic acids is 1. The summed E-state index contributed by atoms with van der Waals surface area (Å²) in [6.45, 7) is 0. The average molecular weight is 285 g/mol. The summed E-state index contributed by atoms with van der Waals surface area (Å²) in [4.78, 5) is 15.3. The van der Waals surface area contributed by atoms with Crippen molar-refractivity contribution in [2.24, 2.45) is 0 Å². The molecule has 0 aliphatic heterocycles. The van der Waals surface area contributed by atoms with Crippen molar-refractivity contribution in [3.05, 3.63) is 35.7 Å². The monoisotopic (exact) mass is 285 g/mol. The lowest BCUT2D eigenvalue weighted by Gasteiger charge is -1.97. The maximum atomic E-state index is 12.6. The molecular formula is C12H9F2NO3S. The summed E-state index contributed by atoms with van der Waals surface area (Å²) in [6, 6.07) is 6.82. The normalized spacial score (nSPS) is 10.9. The van der Waals surface area contributed by atoms with Crippen molar-refractivity contribution in [2.75, 3.05) is 6.26 Å². The van der Waals surface area contributed by atoms with Gasteiger partial charge in [-0.1, -0.05) is 0 Å². The lowest BCUT2D eigenvalue weighted by molar-refractivity contribution is 0.0647. The van der Waals surface area contributed by atoms with E-state index in [2.05, 4.69) is 4.98 Å². The molecule has 2 rings (SSSR count). The van der Waals surface area contributed by atoms with Crippen LogP contribution in [0, 0.1) is 0 Å². The Morgan fingerprint density at radius 3 is 2.42 bits per heavy atom. The van der Waals surface area contributed by atoms with E-state index in [-0.39, 0.29) is 5.89 Å². The molecule has 7 heteroatoms. The molecule has 0 saturated carbocycles. The van der Waals surface area contributed by atoms with Gasteiger partial charge in [0.15, 0.2) is 5.69 Å². The lowest BCUT2D eigenvalue weighted by atomic mass is 10.2. The van der Waals surface area contributed by atoms with Crippen LogP contribution < -0.4 is 0 Å². The Balaban J connectivity index is 2.44. The highest BCUT2D eigenvalue weighted by Gasteiger charge is 2.26. The van der Waals surface area contributed by atoms with Crippen LogP contribution in [-0.2, 0) is 0 Å². The van der Waals surface area contributed by atoms with E-state index in [4.69, 9.17) is 9.52 Å². The number of hydrogen-bond acceptors (Lipinski definition) is 4. The van der Waals surface area contributed by atoms with Gasteiger partial charge in [0, 0.05) is 10.5 Å². The van der Waals surface area contributed by atoms with E-state index in [9.17, 15) is 13.6 Å². The number of hydrogen-bond donors (Lipinski definition) is 1. The van der Waals surface area contributed by atoms with Gasteiger partial charge in [-0.2, -0.15) is 0 Å². The largest absolute Gasteiger partial charge is 0.475 e. The third-order valence-corrected chi connectivity index (χ3v) is 3.13. The minimum absolute atomic E-state index is 0.125. The zero-order chi connectivity index (χ0) is 14.0. The SMILES string of the molecule is CSc1ccc(-c2nc(C(F)F)c(C(=O)O)o2)cc1. The first-order valence-corrected chi connectivity index (χ1v) is 6.42. The number of oxazole rings is 1. The Morgan fingerprint density at radius 1 is 1.37 bits per heavy atom. The summed E-state index contributed by atoms with van der Waals surface area (Å²) < 4.78 is 30.2. The molecule has 0 unspecified atom stereocenters. The Morgan fingerprint density at radius 2 is 2.00 bits per heavy atom. The Hall–Kier alpha value is -1.89. The van der Waals surface area contributed by atoms with Gasteiger partial charge < -0.3 is 9.52 Å². The number of nitrogens with zero attached hydrogens (tertiary/aromatic N) is 1. The number of halogens is 2. The summed E-state index contributed by atoms with van der Waals surface area (Å²) in [5.41, 5.74) is -0.399. The topological polar surface area (TPSA) is 63.3 Å². The zero-order valence-electron chi connectivity index (χ0n) is 9.76. The van der Waals surface area contributed by atoms with Gasteiger partial charge in [-0.05, 0) is 30.5 Å². The molecule has 1 aromatic carbocycles. The lowest BCUT2D eigenvalue weighted by Crippen LogP contribution is -1.99. The number of rotatable bonds is 4. The second-order valence-corrected chi connectivity index (χ2v) is 4.45. The Labute approximate surface area is 111 Å². The molecule has 0 spiro atoms. The standard InChI is InChI=1S/C12H9F2NO3S/c1-19-7-4-2-6(3-5-7)11-15-8(10(13)14)9(18-11)12(16)17/h2-5,10H,1H3,(H,16,17). The summed E-state index contributed by atoms with van der Waals surface area (Å²) >= 11 is 1.53. The maximum Gasteiger partial charge on any atom is 0.374 e. The van der Waals surface area contributed by atoms with E-state index in [1.54, 1.807) is 24.3 Å². The first kappa shape index (κ1) is 13.5. The van der Waals surface area contributed by atoms with Gasteiger partial charge in [0.2, 0.25) is 11.7 Å². The van der Waals surface area contributed by atoms with Crippen molar-refractivity contribution in [3.8, 4) is 11.5 Å². The molecule has 1 heterocycles. The summed E-state index contributed by atoms with van der Waals surface area (Å²) in [7, 11) is 0. The van der Waals surface area contributed by atoms with Crippen molar-refractivity contribution < 1.29 is 23.1 Å². The average Bonchev–Trinajstić information content (AvgIpc) is 2.84. The second kappa shape index (κ2) is 5.40. The van der Waals surface area contributed by atoms with Crippen LogP contribution in [0.25, 0.3) is 11.5 Å². The minimum atomic E-state index is -2.99. The molecule has 0 amide bonds. The van der Waals surface area contributed by atoms with Crippen molar-refractivity contribution in [2.45, 2.75) is 11.3 Å². The van der Waals surface area contributed by atoms with Crippen molar-refractivity contribution in [1.29, 1.82) is 0 Å². The number of thioether (sulfide) groups is 1. The molecule has 100 valence electrons. The number of benzene rings is 1. The van der Waals surface area contributed by atoms with Crippen LogP contribution in [0.15, 0.2) is 33.6 Å². The van der Waals surface area contributed by atoms with E-state index >= 15 is 0 Å². The van der Waals surface area contributed by atoms with Gasteiger partial charge in [0.1, 0.15) is 0 Å². The molecule has 0 aliphatic carbocycles. The van der Waals surface area contributed by atoms with Crippen LogP contribution in [0.1, 0.15) is 22.7 Å². The van der Waals surface area contributed by atoms with Crippen LogP contribution >= 0.6 is 11.8 Å². The van der Waals surface area contributed by atoms with Crippen LogP contribution in [-0.4, -0.2) is 22.3 Å². The van der Waals surface area contributed by atoms with Gasteiger partial charge in [0.25, 0.3) is 6.43 Å². The molecule has 0 saturated heterocycles. The summed E-state index contributed by atoms with van der Waals surface area (Å²) in [5, 5.41) is 8.79. The Bertz CT molecular complexity index is 596.